The predicted octanol–water partition coefficient (Wildman–Crippen LogP) is 2.78. The smallest absolute Gasteiger partial charge is 0.243 e. The molecule has 1 atom stereocenters. The average Bonchev–Trinajstić information content (AvgIpc) is 2.86. The SMILES string of the molecule is O=C1CCc2cc(S(=O)(=O)N3CCC(c4ccccc4Cl)S(=O)(=O)CC3)ccc2N1. The van der Waals surface area contributed by atoms with Gasteiger partial charge in [-0.05, 0) is 48.2 Å². The van der Waals surface area contributed by atoms with Gasteiger partial charge in [-0.2, -0.15) is 4.31 Å². The molecule has 160 valence electrons. The van der Waals surface area contributed by atoms with Crippen LogP contribution in [-0.2, 0) is 31.1 Å². The minimum Gasteiger partial charge on any atom is -0.326 e. The number of sulfone groups is 1. The van der Waals surface area contributed by atoms with E-state index in [4.69, 9.17) is 11.6 Å². The molecule has 2 aromatic carbocycles. The first-order valence-electron chi connectivity index (χ1n) is 9.57. The van der Waals surface area contributed by atoms with E-state index in [2.05, 4.69) is 5.32 Å². The van der Waals surface area contributed by atoms with Crippen LogP contribution in [0.2, 0.25) is 5.02 Å². The van der Waals surface area contributed by atoms with Gasteiger partial charge in [0, 0.05) is 30.2 Å². The van der Waals surface area contributed by atoms with Crippen LogP contribution in [0.25, 0.3) is 0 Å². The van der Waals surface area contributed by atoms with Crippen molar-refractivity contribution in [2.75, 3.05) is 24.2 Å². The fourth-order valence-corrected chi connectivity index (χ4v) is 7.69. The van der Waals surface area contributed by atoms with Crippen molar-refractivity contribution >= 4 is 43.1 Å². The third kappa shape index (κ3) is 3.99. The van der Waals surface area contributed by atoms with Crippen molar-refractivity contribution < 1.29 is 21.6 Å². The van der Waals surface area contributed by atoms with E-state index in [0.29, 0.717) is 29.1 Å². The van der Waals surface area contributed by atoms with E-state index in [1.807, 2.05) is 0 Å². The molecule has 0 bridgehead atoms. The summed E-state index contributed by atoms with van der Waals surface area (Å²) in [7, 11) is -7.44. The molecule has 0 aliphatic carbocycles. The van der Waals surface area contributed by atoms with Gasteiger partial charge in [-0.15, -0.1) is 0 Å². The molecule has 4 rings (SSSR count). The summed E-state index contributed by atoms with van der Waals surface area (Å²) in [5, 5.41) is 2.25. The van der Waals surface area contributed by atoms with Gasteiger partial charge in [0.25, 0.3) is 0 Å². The summed E-state index contributed by atoms with van der Waals surface area (Å²) in [6.07, 6.45) is 0.901. The number of rotatable bonds is 3. The second-order valence-electron chi connectivity index (χ2n) is 7.44. The highest BCUT2D eigenvalue weighted by molar-refractivity contribution is 7.92. The first-order chi connectivity index (χ1) is 14.2. The summed E-state index contributed by atoms with van der Waals surface area (Å²) in [4.78, 5) is 11.6. The fraction of sp³-hybridized carbons (Fsp3) is 0.350. The number of hydrogen-bond acceptors (Lipinski definition) is 5. The standard InChI is InChI=1S/C20H21ClN2O5S2/c21-17-4-2-1-3-16(17)19-9-10-23(11-12-29(19,25)26)30(27,28)15-6-7-18-14(13-15)5-8-20(24)22-18/h1-4,6-7,13,19H,5,8-12H2,(H,22,24). The van der Waals surface area contributed by atoms with Gasteiger partial charge in [0.1, 0.15) is 0 Å². The van der Waals surface area contributed by atoms with E-state index < -0.39 is 25.1 Å². The molecule has 1 saturated heterocycles. The Kier molecular flexibility index (Phi) is 5.65. The van der Waals surface area contributed by atoms with Gasteiger partial charge in [0.2, 0.25) is 15.9 Å². The van der Waals surface area contributed by atoms with Crippen molar-refractivity contribution in [1.29, 1.82) is 0 Å². The number of hydrogen-bond donors (Lipinski definition) is 1. The van der Waals surface area contributed by atoms with Gasteiger partial charge in [-0.25, -0.2) is 16.8 Å². The highest BCUT2D eigenvalue weighted by atomic mass is 35.5. The molecule has 1 N–H and O–H groups in total. The van der Waals surface area contributed by atoms with Crippen LogP contribution < -0.4 is 5.32 Å². The molecule has 0 radical (unpaired) electrons. The Morgan fingerprint density at radius 3 is 2.60 bits per heavy atom. The van der Waals surface area contributed by atoms with Crippen molar-refractivity contribution in [1.82, 2.24) is 4.31 Å². The van der Waals surface area contributed by atoms with Gasteiger partial charge < -0.3 is 5.32 Å². The van der Waals surface area contributed by atoms with E-state index in [1.54, 1.807) is 36.4 Å². The Morgan fingerprint density at radius 1 is 1.07 bits per heavy atom. The second kappa shape index (κ2) is 7.96. The Morgan fingerprint density at radius 2 is 1.83 bits per heavy atom. The number of halogens is 1. The van der Waals surface area contributed by atoms with Crippen LogP contribution in [0.3, 0.4) is 0 Å². The molecule has 7 nitrogen and oxygen atoms in total. The summed E-state index contributed by atoms with van der Waals surface area (Å²) < 4.78 is 53.4. The van der Waals surface area contributed by atoms with Crippen molar-refractivity contribution in [3.8, 4) is 0 Å². The van der Waals surface area contributed by atoms with Gasteiger partial charge in [0.15, 0.2) is 9.84 Å². The number of fused-ring (bicyclic) bond motifs is 1. The lowest BCUT2D eigenvalue weighted by atomic mass is 10.0. The largest absolute Gasteiger partial charge is 0.326 e. The number of amides is 1. The number of carbonyl (C=O) groups excluding carboxylic acids is 1. The Labute approximate surface area is 181 Å². The van der Waals surface area contributed by atoms with E-state index in [9.17, 15) is 21.6 Å². The number of sulfonamides is 1. The third-order valence-corrected chi connectivity index (χ3v) is 9.91. The number of aryl methyl sites for hydroxylation is 1. The summed E-state index contributed by atoms with van der Waals surface area (Å²) in [5.41, 5.74) is 1.87. The van der Waals surface area contributed by atoms with Crippen LogP contribution in [0, 0.1) is 0 Å². The summed E-state index contributed by atoms with van der Waals surface area (Å²) in [6, 6.07) is 11.4. The third-order valence-electron chi connectivity index (χ3n) is 5.56. The molecule has 0 aromatic heterocycles. The van der Waals surface area contributed by atoms with Gasteiger partial charge in [-0.1, -0.05) is 29.8 Å². The Bertz CT molecular complexity index is 1210. The van der Waals surface area contributed by atoms with Crippen molar-refractivity contribution in [2.45, 2.75) is 29.4 Å². The normalized spacial score (nSPS) is 22.0. The quantitative estimate of drug-likeness (QED) is 0.746. The monoisotopic (exact) mass is 468 g/mol. The molecular formula is C20H21ClN2O5S2. The lowest BCUT2D eigenvalue weighted by Crippen LogP contribution is -2.33. The number of anilines is 1. The van der Waals surface area contributed by atoms with Crippen molar-refractivity contribution in [3.63, 3.8) is 0 Å². The van der Waals surface area contributed by atoms with E-state index in [-0.39, 0.29) is 36.1 Å². The minimum atomic E-state index is -3.88. The zero-order valence-corrected chi connectivity index (χ0v) is 18.4. The van der Waals surface area contributed by atoms with Crippen LogP contribution in [-0.4, -0.2) is 45.9 Å². The molecule has 2 aliphatic heterocycles. The highest BCUT2D eigenvalue weighted by Gasteiger charge is 2.36. The molecule has 10 heteroatoms. The summed E-state index contributed by atoms with van der Waals surface area (Å²) in [6.45, 7) is -0.0370. The Hall–Kier alpha value is -1.94. The molecule has 2 aromatic rings. The minimum absolute atomic E-state index is 0.0747. The first kappa shape index (κ1) is 21.3. The molecule has 1 amide bonds. The van der Waals surface area contributed by atoms with Crippen molar-refractivity contribution in [2.24, 2.45) is 0 Å². The number of nitrogens with zero attached hydrogens (tertiary/aromatic N) is 1. The Balaban J connectivity index is 1.62. The molecule has 30 heavy (non-hydrogen) atoms. The fourth-order valence-electron chi connectivity index (χ4n) is 3.92. The number of nitrogens with one attached hydrogen (secondary N) is 1. The van der Waals surface area contributed by atoms with Crippen LogP contribution >= 0.6 is 11.6 Å². The van der Waals surface area contributed by atoms with E-state index in [1.165, 1.54) is 10.4 Å². The molecule has 0 spiro atoms. The van der Waals surface area contributed by atoms with Crippen molar-refractivity contribution in [3.05, 3.63) is 58.6 Å². The maximum Gasteiger partial charge on any atom is 0.243 e. The van der Waals surface area contributed by atoms with Crippen LogP contribution in [0.1, 0.15) is 29.2 Å². The lowest BCUT2D eigenvalue weighted by Gasteiger charge is -2.22. The lowest BCUT2D eigenvalue weighted by molar-refractivity contribution is -0.116. The van der Waals surface area contributed by atoms with Crippen LogP contribution in [0.4, 0.5) is 5.69 Å². The highest BCUT2D eigenvalue weighted by Crippen LogP contribution is 2.35. The van der Waals surface area contributed by atoms with E-state index in [0.717, 1.165) is 5.56 Å². The van der Waals surface area contributed by atoms with Gasteiger partial charge in [0.05, 0.1) is 15.9 Å². The molecule has 0 saturated carbocycles. The first-order valence-corrected chi connectivity index (χ1v) is 13.1. The molecule has 1 unspecified atom stereocenters. The predicted molar refractivity (Wildman–Crippen MR) is 115 cm³/mol. The van der Waals surface area contributed by atoms with Gasteiger partial charge in [-0.3, -0.25) is 4.79 Å². The maximum atomic E-state index is 13.2. The molecule has 2 heterocycles. The maximum absolute atomic E-state index is 13.2. The summed E-state index contributed by atoms with van der Waals surface area (Å²) in [5.74, 6) is -0.371. The molecule has 2 aliphatic rings. The van der Waals surface area contributed by atoms with Crippen LogP contribution in [0.15, 0.2) is 47.4 Å². The zero-order valence-electron chi connectivity index (χ0n) is 16.0. The van der Waals surface area contributed by atoms with E-state index >= 15 is 0 Å². The zero-order chi connectivity index (χ0) is 21.5. The second-order valence-corrected chi connectivity index (χ2v) is 12.1. The summed E-state index contributed by atoms with van der Waals surface area (Å²) >= 11 is 6.21. The number of carbonyl (C=O) groups is 1. The molecular weight excluding hydrogens is 448 g/mol. The number of benzene rings is 2. The van der Waals surface area contributed by atoms with Crippen LogP contribution in [0.5, 0.6) is 0 Å². The molecule has 1 fully saturated rings. The topological polar surface area (TPSA) is 101 Å². The average molecular weight is 469 g/mol. The van der Waals surface area contributed by atoms with Gasteiger partial charge >= 0.3 is 0 Å².